The molecule has 0 saturated heterocycles. The highest BCUT2D eigenvalue weighted by molar-refractivity contribution is 5.71. The van der Waals surface area contributed by atoms with Crippen LogP contribution >= 0.6 is 0 Å². The molecule has 0 fully saturated rings. The zero-order valence-electron chi connectivity index (χ0n) is 17.8. The van der Waals surface area contributed by atoms with Crippen molar-refractivity contribution in [1.82, 2.24) is 18.7 Å². The third-order valence-corrected chi connectivity index (χ3v) is 5.96. The number of aromatic nitrogens is 4. The van der Waals surface area contributed by atoms with Crippen LogP contribution < -0.4 is 11.2 Å². The summed E-state index contributed by atoms with van der Waals surface area (Å²) < 4.78 is 17.9. The lowest BCUT2D eigenvalue weighted by atomic mass is 9.94. The van der Waals surface area contributed by atoms with Gasteiger partial charge in [-0.25, -0.2) is 14.2 Å². The first-order chi connectivity index (χ1) is 14.9. The molecule has 0 saturated carbocycles. The van der Waals surface area contributed by atoms with Gasteiger partial charge < -0.3 is 9.67 Å². The molecule has 0 aromatic carbocycles. The third kappa shape index (κ3) is 3.99. The number of hydrogen-bond donors (Lipinski definition) is 1. The van der Waals surface area contributed by atoms with Crippen LogP contribution in [0.25, 0.3) is 11.2 Å². The molecule has 4 rings (SSSR count). The molecule has 2 atom stereocenters. The first-order valence-electron chi connectivity index (χ1n) is 10.6. The Morgan fingerprint density at radius 3 is 2.74 bits per heavy atom. The number of imidazole rings is 1. The van der Waals surface area contributed by atoms with Gasteiger partial charge in [-0.15, -0.1) is 0 Å². The number of allylic oxidation sites excluding steroid dienone is 8. The van der Waals surface area contributed by atoms with Gasteiger partial charge in [0.15, 0.2) is 11.2 Å². The fraction of sp³-hybridized carbons (Fsp3) is 0.435. The van der Waals surface area contributed by atoms with Gasteiger partial charge in [0.05, 0.1) is 0 Å². The Balaban J connectivity index is 1.90. The Labute approximate surface area is 179 Å². The molecule has 31 heavy (non-hydrogen) atoms. The van der Waals surface area contributed by atoms with Crippen LogP contribution in [0.15, 0.2) is 57.4 Å². The van der Waals surface area contributed by atoms with E-state index in [0.717, 1.165) is 12.2 Å². The highest BCUT2D eigenvalue weighted by atomic mass is 19.1. The average Bonchev–Trinajstić information content (AvgIpc) is 3.13. The fourth-order valence-corrected chi connectivity index (χ4v) is 4.31. The van der Waals surface area contributed by atoms with E-state index in [2.05, 4.69) is 19.1 Å². The number of aliphatic hydroxyl groups is 1. The van der Waals surface area contributed by atoms with Crippen LogP contribution in [0.3, 0.4) is 0 Å². The van der Waals surface area contributed by atoms with Crippen LogP contribution in [0.1, 0.15) is 37.9 Å². The van der Waals surface area contributed by atoms with Crippen LogP contribution in [-0.4, -0.2) is 30.4 Å². The van der Waals surface area contributed by atoms with Crippen molar-refractivity contribution in [1.29, 1.82) is 0 Å². The zero-order chi connectivity index (χ0) is 22.1. The lowest BCUT2D eigenvalue weighted by Crippen LogP contribution is -2.40. The van der Waals surface area contributed by atoms with E-state index < -0.39 is 11.2 Å². The summed E-state index contributed by atoms with van der Waals surface area (Å²) in [7, 11) is 1.61. The quantitative estimate of drug-likeness (QED) is 0.770. The summed E-state index contributed by atoms with van der Waals surface area (Å²) in [5.41, 5.74) is 1.09. The van der Waals surface area contributed by atoms with E-state index in [1.807, 2.05) is 16.7 Å². The average molecular weight is 426 g/mol. The van der Waals surface area contributed by atoms with Crippen LogP contribution in [0, 0.1) is 5.92 Å². The predicted octanol–water partition coefficient (Wildman–Crippen LogP) is 2.70. The Morgan fingerprint density at radius 2 is 2.06 bits per heavy atom. The first-order valence-corrected chi connectivity index (χ1v) is 10.6. The molecule has 2 aromatic heterocycles. The minimum atomic E-state index is -0.444. The topological polar surface area (TPSA) is 82.1 Å². The van der Waals surface area contributed by atoms with Crippen molar-refractivity contribution >= 4 is 11.2 Å². The van der Waals surface area contributed by atoms with Crippen LogP contribution in [0.5, 0.6) is 0 Å². The van der Waals surface area contributed by atoms with Crippen molar-refractivity contribution in [2.45, 2.75) is 45.2 Å². The maximum Gasteiger partial charge on any atom is 0.332 e. The van der Waals surface area contributed by atoms with Gasteiger partial charge >= 0.3 is 5.69 Å². The summed E-state index contributed by atoms with van der Waals surface area (Å²) in [5.74, 6) is 0.478. The van der Waals surface area contributed by atoms with Crippen LogP contribution in [0.4, 0.5) is 4.39 Å². The second-order valence-electron chi connectivity index (χ2n) is 8.28. The Bertz CT molecular complexity index is 1240. The van der Waals surface area contributed by atoms with Crippen molar-refractivity contribution in [3.05, 3.63) is 74.5 Å². The third-order valence-electron chi connectivity index (χ3n) is 5.96. The molecule has 164 valence electrons. The number of hydrogen-bond acceptors (Lipinski definition) is 4. The van der Waals surface area contributed by atoms with Crippen molar-refractivity contribution in [2.24, 2.45) is 13.0 Å². The zero-order valence-corrected chi connectivity index (χ0v) is 17.8. The van der Waals surface area contributed by atoms with Crippen molar-refractivity contribution in [3.8, 4) is 0 Å². The SMILES string of the molecule is CC1=CC=CC(c2nc3c(c(=O)n(CCCO)c(=O)n3C)n2CC2C=CC(F)=CC2)C1. The number of halogens is 1. The van der Waals surface area contributed by atoms with Gasteiger partial charge in [-0.05, 0) is 44.3 Å². The van der Waals surface area contributed by atoms with Gasteiger partial charge in [0.2, 0.25) is 0 Å². The van der Waals surface area contributed by atoms with Crippen molar-refractivity contribution in [3.63, 3.8) is 0 Å². The van der Waals surface area contributed by atoms with Crippen LogP contribution in [-0.2, 0) is 20.1 Å². The van der Waals surface area contributed by atoms with Gasteiger partial charge in [0.25, 0.3) is 5.56 Å². The minimum Gasteiger partial charge on any atom is -0.396 e. The summed E-state index contributed by atoms with van der Waals surface area (Å²) in [6, 6.07) is 0. The second-order valence-corrected chi connectivity index (χ2v) is 8.28. The molecular formula is C23H27FN4O3. The van der Waals surface area contributed by atoms with Crippen LogP contribution in [0.2, 0.25) is 0 Å². The van der Waals surface area contributed by atoms with Gasteiger partial charge in [-0.3, -0.25) is 13.9 Å². The Hall–Kier alpha value is -3.00. The highest BCUT2D eigenvalue weighted by Crippen LogP contribution is 2.31. The molecule has 2 heterocycles. The molecule has 2 aliphatic rings. The van der Waals surface area contributed by atoms with E-state index in [1.165, 1.54) is 20.8 Å². The normalized spacial score (nSPS) is 20.9. The summed E-state index contributed by atoms with van der Waals surface area (Å²) in [6.07, 6.45) is 12.5. The molecule has 2 unspecified atom stereocenters. The van der Waals surface area contributed by atoms with E-state index in [4.69, 9.17) is 4.98 Å². The number of fused-ring (bicyclic) bond motifs is 1. The first kappa shape index (κ1) is 21.2. The predicted molar refractivity (Wildman–Crippen MR) is 118 cm³/mol. The molecule has 0 aliphatic heterocycles. The van der Waals surface area contributed by atoms with E-state index in [9.17, 15) is 19.1 Å². The summed E-state index contributed by atoms with van der Waals surface area (Å²) in [4.78, 5) is 30.9. The summed E-state index contributed by atoms with van der Waals surface area (Å²) in [5, 5.41) is 9.19. The number of nitrogens with zero attached hydrogens (tertiary/aromatic N) is 4. The maximum absolute atomic E-state index is 13.5. The minimum absolute atomic E-state index is 0.0161. The molecule has 0 amide bonds. The van der Waals surface area contributed by atoms with Crippen molar-refractivity contribution < 1.29 is 9.50 Å². The maximum atomic E-state index is 13.5. The molecular weight excluding hydrogens is 399 g/mol. The second kappa shape index (κ2) is 8.63. The largest absolute Gasteiger partial charge is 0.396 e. The van der Waals surface area contributed by atoms with Gasteiger partial charge in [-0.2, -0.15) is 0 Å². The molecule has 8 heteroatoms. The van der Waals surface area contributed by atoms with E-state index >= 15 is 0 Å². The van der Waals surface area contributed by atoms with E-state index in [0.29, 0.717) is 30.6 Å². The molecule has 0 radical (unpaired) electrons. The molecule has 2 aliphatic carbocycles. The lowest BCUT2D eigenvalue weighted by molar-refractivity contribution is 0.277. The monoisotopic (exact) mass is 426 g/mol. The number of aliphatic hydroxyl groups excluding tert-OH is 1. The molecule has 2 aromatic rings. The number of rotatable bonds is 6. The molecule has 0 spiro atoms. The fourth-order valence-electron chi connectivity index (χ4n) is 4.31. The molecule has 7 nitrogen and oxygen atoms in total. The standard InChI is InChI=1S/C23H27FN4O3/c1-15-5-3-6-17(13-15)20-25-21-19(28(20)14-16-7-9-18(24)10-8-16)22(30)27(11-4-12-29)23(31)26(21)2/h3,5-7,9-10,16-17,29H,4,8,11-14H2,1-2H3. The smallest absolute Gasteiger partial charge is 0.332 e. The Morgan fingerprint density at radius 1 is 1.26 bits per heavy atom. The molecule has 1 N–H and O–H groups in total. The summed E-state index contributed by atoms with van der Waals surface area (Å²) in [6.45, 7) is 2.55. The highest BCUT2D eigenvalue weighted by Gasteiger charge is 2.26. The summed E-state index contributed by atoms with van der Waals surface area (Å²) >= 11 is 0. The van der Waals surface area contributed by atoms with Gasteiger partial charge in [0, 0.05) is 32.7 Å². The van der Waals surface area contributed by atoms with Gasteiger partial charge in [0.1, 0.15) is 11.7 Å². The Kier molecular flexibility index (Phi) is 5.91. The number of aryl methyl sites for hydroxylation is 1. The van der Waals surface area contributed by atoms with Gasteiger partial charge in [-0.1, -0.05) is 29.9 Å². The lowest BCUT2D eigenvalue weighted by Gasteiger charge is -2.21. The van der Waals surface area contributed by atoms with Crippen molar-refractivity contribution in [2.75, 3.05) is 6.61 Å². The molecule has 0 bridgehead atoms. The van der Waals surface area contributed by atoms with E-state index in [-0.39, 0.29) is 30.8 Å². The van der Waals surface area contributed by atoms with E-state index in [1.54, 1.807) is 13.1 Å².